The molecule has 1 amide bonds. The zero-order valence-corrected chi connectivity index (χ0v) is 18.3. The standard InChI is InChI=1S/C22H23BrFN3O3/c1-13(2)18(11-21(28)29)14(3)27(25)12-15-4-6-16(7-5-15)22(30)26-17-8-9-19(23)20(24)10-17/h4-10H,1,11-12,25H2,2-3H3,(H,26,30)(H,28,29)/b18-14-. The van der Waals surface area contributed by atoms with E-state index >= 15 is 0 Å². The fourth-order valence-electron chi connectivity index (χ4n) is 2.77. The summed E-state index contributed by atoms with van der Waals surface area (Å²) in [6.45, 7) is 7.62. The number of hydrazine groups is 1. The Morgan fingerprint density at radius 1 is 1.20 bits per heavy atom. The van der Waals surface area contributed by atoms with E-state index in [1.807, 2.05) is 0 Å². The summed E-state index contributed by atoms with van der Waals surface area (Å²) in [5, 5.41) is 13.2. The van der Waals surface area contributed by atoms with E-state index in [4.69, 9.17) is 10.9 Å². The number of aliphatic carboxylic acids is 1. The van der Waals surface area contributed by atoms with E-state index < -0.39 is 11.8 Å². The molecule has 0 radical (unpaired) electrons. The van der Waals surface area contributed by atoms with Crippen molar-refractivity contribution in [2.24, 2.45) is 5.84 Å². The lowest BCUT2D eigenvalue weighted by atomic mass is 10.0. The Kier molecular flexibility index (Phi) is 7.91. The molecule has 158 valence electrons. The monoisotopic (exact) mass is 475 g/mol. The van der Waals surface area contributed by atoms with Crippen LogP contribution in [-0.2, 0) is 11.3 Å². The molecule has 30 heavy (non-hydrogen) atoms. The molecule has 0 saturated carbocycles. The third-order valence-corrected chi connectivity index (χ3v) is 5.10. The van der Waals surface area contributed by atoms with Gasteiger partial charge < -0.3 is 15.4 Å². The van der Waals surface area contributed by atoms with E-state index in [0.29, 0.717) is 39.1 Å². The highest BCUT2D eigenvalue weighted by Gasteiger charge is 2.13. The van der Waals surface area contributed by atoms with Crippen LogP contribution in [0, 0.1) is 5.82 Å². The predicted molar refractivity (Wildman–Crippen MR) is 118 cm³/mol. The first-order valence-corrected chi connectivity index (χ1v) is 9.82. The Balaban J connectivity index is 2.09. The molecule has 0 aliphatic heterocycles. The third-order valence-electron chi connectivity index (χ3n) is 4.46. The normalized spacial score (nSPS) is 11.5. The van der Waals surface area contributed by atoms with E-state index in [1.165, 1.54) is 17.1 Å². The van der Waals surface area contributed by atoms with Crippen molar-refractivity contribution in [1.29, 1.82) is 0 Å². The average molecular weight is 476 g/mol. The van der Waals surface area contributed by atoms with E-state index in [2.05, 4.69) is 27.8 Å². The van der Waals surface area contributed by atoms with Crippen molar-refractivity contribution < 1.29 is 19.1 Å². The molecular weight excluding hydrogens is 453 g/mol. The first-order valence-electron chi connectivity index (χ1n) is 9.03. The van der Waals surface area contributed by atoms with Gasteiger partial charge in [0, 0.05) is 16.9 Å². The topological polar surface area (TPSA) is 95.7 Å². The van der Waals surface area contributed by atoms with Gasteiger partial charge in [-0.3, -0.25) is 9.59 Å². The van der Waals surface area contributed by atoms with E-state index in [-0.39, 0.29) is 12.3 Å². The molecule has 0 unspecified atom stereocenters. The summed E-state index contributed by atoms with van der Waals surface area (Å²) in [7, 11) is 0. The number of halogens is 2. The van der Waals surface area contributed by atoms with Crippen molar-refractivity contribution in [3.63, 3.8) is 0 Å². The zero-order valence-electron chi connectivity index (χ0n) is 16.7. The smallest absolute Gasteiger partial charge is 0.307 e. The van der Waals surface area contributed by atoms with Crippen LogP contribution in [0.5, 0.6) is 0 Å². The van der Waals surface area contributed by atoms with Crippen LogP contribution < -0.4 is 11.2 Å². The molecule has 0 saturated heterocycles. The number of amides is 1. The SMILES string of the molecule is C=C(C)/C(CC(=O)O)=C(/C)N(N)Cc1ccc(C(=O)Nc2ccc(Br)c(F)c2)cc1. The molecule has 4 N–H and O–H groups in total. The fourth-order valence-corrected chi connectivity index (χ4v) is 3.01. The van der Waals surface area contributed by atoms with Gasteiger partial charge in [0.1, 0.15) is 5.82 Å². The van der Waals surface area contributed by atoms with Crippen molar-refractivity contribution >= 4 is 33.5 Å². The van der Waals surface area contributed by atoms with Crippen LogP contribution in [0.25, 0.3) is 0 Å². The van der Waals surface area contributed by atoms with Gasteiger partial charge in [0.25, 0.3) is 5.91 Å². The molecule has 0 aliphatic carbocycles. The molecule has 2 aromatic rings. The summed E-state index contributed by atoms with van der Waals surface area (Å²) in [5.74, 6) is 4.32. The summed E-state index contributed by atoms with van der Waals surface area (Å²) >= 11 is 3.07. The number of carbonyl (C=O) groups excluding carboxylic acids is 1. The largest absolute Gasteiger partial charge is 0.481 e. The summed E-state index contributed by atoms with van der Waals surface area (Å²) in [4.78, 5) is 23.4. The third kappa shape index (κ3) is 6.27. The van der Waals surface area contributed by atoms with E-state index in [9.17, 15) is 14.0 Å². The molecular formula is C22H23BrFN3O3. The molecule has 0 atom stereocenters. The predicted octanol–water partition coefficient (Wildman–Crippen LogP) is 4.84. The number of carboxylic acid groups (broad SMARTS) is 1. The quantitative estimate of drug-likeness (QED) is 0.288. The maximum Gasteiger partial charge on any atom is 0.307 e. The van der Waals surface area contributed by atoms with Crippen LogP contribution in [0.4, 0.5) is 10.1 Å². The number of allylic oxidation sites excluding steroid dienone is 2. The Morgan fingerprint density at radius 3 is 2.37 bits per heavy atom. The summed E-state index contributed by atoms with van der Waals surface area (Å²) in [5.41, 5.74) is 3.42. The highest BCUT2D eigenvalue weighted by atomic mass is 79.9. The molecule has 2 rings (SSSR count). The Bertz CT molecular complexity index is 1000. The number of nitrogens with one attached hydrogen (secondary N) is 1. The van der Waals surface area contributed by atoms with Crippen LogP contribution >= 0.6 is 15.9 Å². The van der Waals surface area contributed by atoms with Gasteiger partial charge in [0.05, 0.1) is 17.4 Å². The second kappa shape index (κ2) is 10.2. The highest BCUT2D eigenvalue weighted by Crippen LogP contribution is 2.21. The van der Waals surface area contributed by atoms with Crippen molar-refractivity contribution in [2.45, 2.75) is 26.8 Å². The number of nitrogens with zero attached hydrogens (tertiary/aromatic N) is 1. The van der Waals surface area contributed by atoms with Gasteiger partial charge in [-0.05, 0) is 71.2 Å². The van der Waals surface area contributed by atoms with Crippen LogP contribution in [0.2, 0.25) is 0 Å². The second-order valence-electron chi connectivity index (χ2n) is 6.82. The number of nitrogens with two attached hydrogens (primary N) is 1. The number of hydrogen-bond acceptors (Lipinski definition) is 4. The van der Waals surface area contributed by atoms with Gasteiger partial charge in [0.2, 0.25) is 0 Å². The number of carbonyl (C=O) groups is 2. The van der Waals surface area contributed by atoms with Crippen LogP contribution in [-0.4, -0.2) is 22.0 Å². The van der Waals surface area contributed by atoms with Gasteiger partial charge in [-0.15, -0.1) is 0 Å². The minimum Gasteiger partial charge on any atom is -0.481 e. The number of carboxylic acids is 1. The number of benzene rings is 2. The van der Waals surface area contributed by atoms with Crippen molar-refractivity contribution in [1.82, 2.24) is 5.01 Å². The van der Waals surface area contributed by atoms with Crippen molar-refractivity contribution in [3.8, 4) is 0 Å². The fraction of sp³-hybridized carbons (Fsp3) is 0.182. The molecule has 0 bridgehead atoms. The molecule has 0 spiro atoms. The van der Waals surface area contributed by atoms with Crippen molar-refractivity contribution in [2.75, 3.05) is 5.32 Å². The Labute approximate surface area is 183 Å². The molecule has 6 nitrogen and oxygen atoms in total. The van der Waals surface area contributed by atoms with E-state index in [1.54, 1.807) is 44.2 Å². The van der Waals surface area contributed by atoms with Crippen LogP contribution in [0.15, 0.2) is 70.4 Å². The number of anilines is 1. The van der Waals surface area contributed by atoms with Gasteiger partial charge in [0.15, 0.2) is 0 Å². The molecule has 0 heterocycles. The minimum absolute atomic E-state index is 0.162. The Morgan fingerprint density at radius 2 is 1.83 bits per heavy atom. The maximum atomic E-state index is 13.6. The summed E-state index contributed by atoms with van der Waals surface area (Å²) < 4.78 is 13.9. The van der Waals surface area contributed by atoms with Gasteiger partial charge >= 0.3 is 5.97 Å². The first kappa shape index (κ1) is 23.3. The molecule has 0 fully saturated rings. The molecule has 8 heteroatoms. The van der Waals surface area contributed by atoms with Crippen LogP contribution in [0.3, 0.4) is 0 Å². The Hall–Kier alpha value is -2.97. The number of hydrogen-bond donors (Lipinski definition) is 3. The number of rotatable bonds is 8. The molecule has 2 aromatic carbocycles. The lowest BCUT2D eigenvalue weighted by molar-refractivity contribution is -0.136. The van der Waals surface area contributed by atoms with Gasteiger partial charge in [-0.25, -0.2) is 10.2 Å². The van der Waals surface area contributed by atoms with Crippen molar-refractivity contribution in [3.05, 3.63) is 87.3 Å². The first-order chi connectivity index (χ1) is 14.1. The van der Waals surface area contributed by atoms with Gasteiger partial charge in [-0.2, -0.15) is 0 Å². The molecule has 0 aliphatic rings. The highest BCUT2D eigenvalue weighted by molar-refractivity contribution is 9.10. The zero-order chi connectivity index (χ0) is 22.4. The summed E-state index contributed by atoms with van der Waals surface area (Å²) in [6, 6.07) is 11.1. The average Bonchev–Trinajstić information content (AvgIpc) is 2.68. The lowest BCUT2D eigenvalue weighted by Crippen LogP contribution is -2.30. The molecule has 0 aromatic heterocycles. The minimum atomic E-state index is -0.957. The second-order valence-corrected chi connectivity index (χ2v) is 7.68. The van der Waals surface area contributed by atoms with E-state index in [0.717, 1.165) is 5.56 Å². The van der Waals surface area contributed by atoms with Crippen LogP contribution in [0.1, 0.15) is 36.2 Å². The lowest BCUT2D eigenvalue weighted by Gasteiger charge is -2.23. The van der Waals surface area contributed by atoms with Gasteiger partial charge in [-0.1, -0.05) is 24.3 Å². The maximum absolute atomic E-state index is 13.6. The summed E-state index contributed by atoms with van der Waals surface area (Å²) in [6.07, 6.45) is -0.162.